The molecule has 0 aliphatic heterocycles. The van der Waals surface area contributed by atoms with Crippen LogP contribution in [-0.4, -0.2) is 5.11 Å². The van der Waals surface area contributed by atoms with Crippen molar-refractivity contribution in [3.8, 4) is 5.75 Å². The van der Waals surface area contributed by atoms with Crippen LogP contribution >= 0.6 is 0 Å². The molecule has 1 nitrogen and oxygen atoms in total. The van der Waals surface area contributed by atoms with E-state index < -0.39 is 23.2 Å². The second-order valence-corrected chi connectivity index (χ2v) is 1.72. The third-order valence-electron chi connectivity index (χ3n) is 0.982. The topological polar surface area (TPSA) is 20.2 Å². The molecule has 0 amide bonds. The molecule has 0 fully saturated rings. The van der Waals surface area contributed by atoms with Gasteiger partial charge in [0, 0.05) is 31.6 Å². The Morgan fingerprint density at radius 2 is 1.38 bits per heavy atom. The number of hydrogen-bond donors (Lipinski definition) is 1. The number of benzene rings is 1. The molecule has 0 aromatic heterocycles. The summed E-state index contributed by atoms with van der Waals surface area (Å²) in [7, 11) is 0. The zero-order chi connectivity index (χ0) is 9.72. The van der Waals surface area contributed by atoms with Crippen LogP contribution < -0.4 is 0 Å². The van der Waals surface area contributed by atoms with Crippen LogP contribution in [0.15, 0.2) is 12.1 Å². The summed E-state index contributed by atoms with van der Waals surface area (Å²) < 4.78 is 36.2. The van der Waals surface area contributed by atoms with Gasteiger partial charge in [0.15, 0.2) is 17.4 Å². The van der Waals surface area contributed by atoms with Crippen LogP contribution in [0.5, 0.6) is 5.75 Å². The summed E-state index contributed by atoms with van der Waals surface area (Å²) >= 11 is 0. The molecule has 1 aromatic rings. The van der Waals surface area contributed by atoms with E-state index in [2.05, 4.69) is 6.92 Å². The molecule has 5 heteroatoms. The van der Waals surface area contributed by atoms with E-state index in [1.807, 2.05) is 0 Å². The SMILES string of the molecule is Oc1c(F)cc(F)cc1F.[CH2-]C.[Zn]. The molecule has 0 saturated heterocycles. The molecule has 0 aliphatic rings. The van der Waals surface area contributed by atoms with Gasteiger partial charge < -0.3 is 12.0 Å². The smallest absolute Gasteiger partial charge is 0.187 e. The maximum atomic E-state index is 12.1. The van der Waals surface area contributed by atoms with Crippen LogP contribution in [0.4, 0.5) is 13.2 Å². The van der Waals surface area contributed by atoms with Crippen molar-refractivity contribution in [2.24, 2.45) is 0 Å². The second kappa shape index (κ2) is 6.90. The Kier molecular flexibility index (Phi) is 7.92. The molecular formula is C8H8F3OZn-. The second-order valence-electron chi connectivity index (χ2n) is 1.72. The molecular weight excluding hydrogens is 234 g/mol. The first-order valence-corrected chi connectivity index (χ1v) is 3.15. The molecule has 70 valence electrons. The van der Waals surface area contributed by atoms with E-state index in [9.17, 15) is 13.2 Å². The summed E-state index contributed by atoms with van der Waals surface area (Å²) in [6.45, 7) is 5.00. The van der Waals surface area contributed by atoms with Gasteiger partial charge in [0.1, 0.15) is 5.82 Å². The number of rotatable bonds is 0. The van der Waals surface area contributed by atoms with Gasteiger partial charge in [-0.2, -0.15) is 6.92 Å². The molecule has 1 rings (SSSR count). The van der Waals surface area contributed by atoms with Crippen LogP contribution in [0.1, 0.15) is 6.92 Å². The molecule has 0 spiro atoms. The maximum Gasteiger partial charge on any atom is 0.187 e. The van der Waals surface area contributed by atoms with Crippen molar-refractivity contribution in [3.63, 3.8) is 0 Å². The first-order chi connectivity index (χ1) is 5.61. The fourth-order valence-electron chi connectivity index (χ4n) is 0.535. The van der Waals surface area contributed by atoms with Crippen molar-refractivity contribution in [1.29, 1.82) is 0 Å². The predicted octanol–water partition coefficient (Wildman–Crippen LogP) is 2.65. The Bertz CT molecular complexity index is 243. The zero-order valence-electron chi connectivity index (χ0n) is 7.15. The Morgan fingerprint density at radius 1 is 1.08 bits per heavy atom. The van der Waals surface area contributed by atoms with Gasteiger partial charge in [0.2, 0.25) is 0 Å². The zero-order valence-corrected chi connectivity index (χ0v) is 10.1. The monoisotopic (exact) mass is 241 g/mol. The number of aromatic hydroxyl groups is 1. The van der Waals surface area contributed by atoms with E-state index in [-0.39, 0.29) is 19.5 Å². The van der Waals surface area contributed by atoms with Crippen molar-refractivity contribution in [3.05, 3.63) is 36.5 Å². The van der Waals surface area contributed by atoms with Gasteiger partial charge in [0.05, 0.1) is 0 Å². The van der Waals surface area contributed by atoms with Gasteiger partial charge in [-0.1, -0.05) is 0 Å². The summed E-state index contributed by atoms with van der Waals surface area (Å²) in [6.07, 6.45) is 0. The third-order valence-corrected chi connectivity index (χ3v) is 0.982. The van der Waals surface area contributed by atoms with Crippen LogP contribution in [-0.2, 0) is 19.5 Å². The van der Waals surface area contributed by atoms with Gasteiger partial charge in [-0.05, 0) is 0 Å². The van der Waals surface area contributed by atoms with E-state index in [0.29, 0.717) is 12.1 Å². The van der Waals surface area contributed by atoms with Crippen molar-refractivity contribution in [1.82, 2.24) is 0 Å². The van der Waals surface area contributed by atoms with Crippen molar-refractivity contribution < 1.29 is 37.8 Å². The molecule has 0 atom stereocenters. The quantitative estimate of drug-likeness (QED) is 0.548. The van der Waals surface area contributed by atoms with E-state index in [0.717, 1.165) is 0 Å². The summed E-state index contributed by atoms with van der Waals surface area (Å²) in [5.74, 6) is -4.79. The normalized spacial score (nSPS) is 8.08. The molecule has 0 unspecified atom stereocenters. The van der Waals surface area contributed by atoms with Crippen LogP contribution in [0.3, 0.4) is 0 Å². The number of hydrogen-bond acceptors (Lipinski definition) is 1. The van der Waals surface area contributed by atoms with Crippen molar-refractivity contribution >= 4 is 0 Å². The summed E-state index contributed by atoms with van der Waals surface area (Å²) in [5, 5.41) is 8.41. The largest absolute Gasteiger partial charge is 0.503 e. The number of phenols is 1. The number of phenolic OH excluding ortho intramolecular Hbond substituents is 1. The summed E-state index contributed by atoms with van der Waals surface area (Å²) in [6, 6.07) is 0.802. The molecule has 13 heavy (non-hydrogen) atoms. The van der Waals surface area contributed by atoms with Gasteiger partial charge in [0.25, 0.3) is 0 Å². The Labute approximate surface area is 87.3 Å². The van der Waals surface area contributed by atoms with E-state index in [1.165, 1.54) is 0 Å². The molecule has 0 radical (unpaired) electrons. The Hall–Kier alpha value is -0.567. The van der Waals surface area contributed by atoms with Crippen molar-refractivity contribution in [2.45, 2.75) is 6.92 Å². The van der Waals surface area contributed by atoms with Crippen molar-refractivity contribution in [2.75, 3.05) is 0 Å². The minimum Gasteiger partial charge on any atom is -0.503 e. The predicted molar refractivity (Wildman–Crippen MR) is 39.0 cm³/mol. The first kappa shape index (κ1) is 14.9. The van der Waals surface area contributed by atoms with Gasteiger partial charge in [-0.25, -0.2) is 13.2 Å². The standard InChI is InChI=1S/C6H3F3O.C2H5.Zn/c7-3-1-4(8)6(10)5(9)2-3;1-2;/h1-2,10H;1H2,2H3;/q;-1;. The average Bonchev–Trinajstić information content (AvgIpc) is 2.04. The third kappa shape index (κ3) is 4.27. The van der Waals surface area contributed by atoms with E-state index in [4.69, 9.17) is 5.11 Å². The average molecular weight is 243 g/mol. The van der Waals surface area contributed by atoms with Crippen LogP contribution in [0.2, 0.25) is 0 Å². The molecule has 0 bridgehead atoms. The Balaban J connectivity index is 0. The molecule has 0 aliphatic carbocycles. The van der Waals surface area contributed by atoms with E-state index >= 15 is 0 Å². The fourth-order valence-corrected chi connectivity index (χ4v) is 0.535. The minimum atomic E-state index is -1.29. The summed E-state index contributed by atoms with van der Waals surface area (Å²) in [4.78, 5) is 0. The minimum absolute atomic E-state index is 0. The fraction of sp³-hybridized carbons (Fsp3) is 0.125. The summed E-state index contributed by atoms with van der Waals surface area (Å²) in [5.41, 5.74) is 0. The molecule has 1 N–H and O–H groups in total. The molecule has 1 aromatic carbocycles. The Morgan fingerprint density at radius 3 is 1.69 bits per heavy atom. The first-order valence-electron chi connectivity index (χ1n) is 3.15. The van der Waals surface area contributed by atoms with Crippen LogP contribution in [0, 0.1) is 24.4 Å². The van der Waals surface area contributed by atoms with Crippen LogP contribution in [0.25, 0.3) is 0 Å². The van der Waals surface area contributed by atoms with E-state index in [1.54, 1.807) is 6.92 Å². The number of halogens is 3. The molecule has 0 heterocycles. The van der Waals surface area contributed by atoms with Gasteiger partial charge in [-0.3, -0.25) is 0 Å². The maximum absolute atomic E-state index is 12.1. The van der Waals surface area contributed by atoms with Gasteiger partial charge >= 0.3 is 0 Å². The molecule has 0 saturated carbocycles. The van der Waals surface area contributed by atoms with Gasteiger partial charge in [-0.15, -0.1) is 0 Å².